The molecule has 2 heterocycles. The summed E-state index contributed by atoms with van der Waals surface area (Å²) in [6.45, 7) is 0. The van der Waals surface area contributed by atoms with Crippen molar-refractivity contribution in [2.75, 3.05) is 10.6 Å². The molecule has 0 bridgehead atoms. The Labute approximate surface area is 215 Å². The normalized spacial score (nSPS) is 11.7. The first-order valence-electron chi connectivity index (χ1n) is 10.8. The second-order valence-electron chi connectivity index (χ2n) is 7.85. The number of nitrogens with one attached hydrogen (secondary N) is 2. The molecule has 0 unspecified atom stereocenters. The van der Waals surface area contributed by atoms with Gasteiger partial charge in [-0.15, -0.1) is 0 Å². The Morgan fingerprint density at radius 2 is 0.868 bits per heavy atom. The molecular formula is C28H10N8O2. The molecule has 0 atom stereocenters. The van der Waals surface area contributed by atoms with Crippen LogP contribution in [-0.4, -0.2) is 0 Å². The Kier molecular flexibility index (Phi) is 5.55. The topological polar surface area (TPSA) is 185 Å². The molecule has 2 aliphatic rings. The first-order valence-corrected chi connectivity index (χ1v) is 10.8. The highest BCUT2D eigenvalue weighted by molar-refractivity contribution is 6.05. The van der Waals surface area contributed by atoms with Crippen molar-refractivity contribution in [3.63, 3.8) is 0 Å². The van der Waals surface area contributed by atoms with Crippen LogP contribution >= 0.6 is 0 Å². The standard InChI is InChI=1S/C28H10N8O2/c29-9-15-1-5-17(6-2-15)21-23-26(38-27(35-23)19(11-31)12-32)22(18-7-3-16(10-30)4-8-18)24-25(21)37-28(36-24)20(13-33)14-34/h1-8,35-36H. The summed E-state index contributed by atoms with van der Waals surface area (Å²) < 4.78 is 12.1. The summed E-state index contributed by atoms with van der Waals surface area (Å²) in [6, 6.07) is 24.5. The molecule has 0 radical (unpaired) electrons. The Hall–Kier alpha value is -6.72. The highest BCUT2D eigenvalue weighted by Crippen LogP contribution is 2.59. The molecule has 10 nitrogen and oxygen atoms in total. The van der Waals surface area contributed by atoms with Gasteiger partial charge in [0.05, 0.1) is 45.8 Å². The van der Waals surface area contributed by atoms with Gasteiger partial charge in [0.1, 0.15) is 24.3 Å². The molecule has 0 saturated heterocycles. The molecule has 0 amide bonds. The lowest BCUT2D eigenvalue weighted by Crippen LogP contribution is -2.02. The minimum Gasteiger partial charge on any atom is -0.436 e. The molecule has 2 N–H and O–H groups in total. The van der Waals surface area contributed by atoms with E-state index in [1.165, 1.54) is 0 Å². The molecule has 0 aliphatic carbocycles. The number of allylic oxidation sites excluding steroid dienone is 2. The fourth-order valence-corrected chi connectivity index (χ4v) is 4.08. The number of nitriles is 6. The van der Waals surface area contributed by atoms with E-state index >= 15 is 0 Å². The van der Waals surface area contributed by atoms with Crippen LogP contribution in [0.3, 0.4) is 0 Å². The third-order valence-corrected chi connectivity index (χ3v) is 5.80. The van der Waals surface area contributed by atoms with E-state index in [1.54, 1.807) is 72.8 Å². The summed E-state index contributed by atoms with van der Waals surface area (Å²) in [7, 11) is 0. The van der Waals surface area contributed by atoms with Crippen molar-refractivity contribution in [3.8, 4) is 70.2 Å². The number of ether oxygens (including phenoxy) is 2. The Balaban J connectivity index is 1.88. The van der Waals surface area contributed by atoms with E-state index in [0.717, 1.165) is 0 Å². The fourth-order valence-electron chi connectivity index (χ4n) is 4.08. The average molecular weight is 490 g/mol. The van der Waals surface area contributed by atoms with Crippen LogP contribution < -0.4 is 20.1 Å². The third kappa shape index (κ3) is 3.54. The summed E-state index contributed by atoms with van der Waals surface area (Å²) >= 11 is 0. The van der Waals surface area contributed by atoms with Gasteiger partial charge < -0.3 is 20.1 Å². The van der Waals surface area contributed by atoms with Crippen molar-refractivity contribution in [2.24, 2.45) is 0 Å². The van der Waals surface area contributed by atoms with Crippen LogP contribution in [-0.2, 0) is 0 Å². The van der Waals surface area contributed by atoms with Gasteiger partial charge in [-0.05, 0) is 35.4 Å². The Morgan fingerprint density at radius 3 is 1.16 bits per heavy atom. The van der Waals surface area contributed by atoms with E-state index in [1.807, 2.05) is 0 Å². The van der Waals surface area contributed by atoms with E-state index in [0.29, 0.717) is 44.8 Å². The molecular weight excluding hydrogens is 480 g/mol. The second-order valence-corrected chi connectivity index (χ2v) is 7.85. The van der Waals surface area contributed by atoms with Gasteiger partial charge in [-0.2, -0.15) is 31.6 Å². The van der Waals surface area contributed by atoms with Crippen LogP contribution in [0.1, 0.15) is 11.1 Å². The number of hydrogen-bond donors (Lipinski definition) is 2. The second kappa shape index (κ2) is 9.14. The van der Waals surface area contributed by atoms with Gasteiger partial charge in [0.25, 0.3) is 0 Å². The average Bonchev–Trinajstić information content (AvgIpc) is 3.58. The van der Waals surface area contributed by atoms with Gasteiger partial charge in [0.15, 0.2) is 22.6 Å². The van der Waals surface area contributed by atoms with Crippen LogP contribution in [0.4, 0.5) is 11.4 Å². The van der Waals surface area contributed by atoms with Gasteiger partial charge in [-0.3, -0.25) is 0 Å². The highest BCUT2D eigenvalue weighted by atomic mass is 16.5. The predicted octanol–water partition coefficient (Wildman–Crippen LogP) is 4.89. The van der Waals surface area contributed by atoms with Crippen molar-refractivity contribution in [2.45, 2.75) is 0 Å². The third-order valence-electron chi connectivity index (χ3n) is 5.80. The van der Waals surface area contributed by atoms with Gasteiger partial charge in [0, 0.05) is 0 Å². The molecule has 0 saturated carbocycles. The van der Waals surface area contributed by atoms with Crippen LogP contribution in [0.5, 0.6) is 11.5 Å². The van der Waals surface area contributed by atoms with Gasteiger partial charge in [0.2, 0.25) is 11.8 Å². The van der Waals surface area contributed by atoms with Crippen molar-refractivity contribution in [1.29, 1.82) is 31.6 Å². The summed E-state index contributed by atoms with van der Waals surface area (Å²) in [5, 5.41) is 62.3. The zero-order valence-electron chi connectivity index (χ0n) is 19.1. The molecule has 0 spiro atoms. The summed E-state index contributed by atoms with van der Waals surface area (Å²) in [5.74, 6) is 0.338. The van der Waals surface area contributed by atoms with Crippen molar-refractivity contribution >= 4 is 11.4 Å². The molecule has 174 valence electrons. The minimum absolute atomic E-state index is 0.0797. The van der Waals surface area contributed by atoms with E-state index in [9.17, 15) is 31.6 Å². The van der Waals surface area contributed by atoms with E-state index < -0.39 is 0 Å². The van der Waals surface area contributed by atoms with Gasteiger partial charge in [-0.25, -0.2) is 0 Å². The molecule has 3 aromatic rings. The maximum absolute atomic E-state index is 9.45. The first kappa shape index (κ1) is 23.0. The summed E-state index contributed by atoms with van der Waals surface area (Å²) in [5.41, 5.74) is 3.07. The zero-order chi connectivity index (χ0) is 26.8. The molecule has 10 heteroatoms. The molecule has 0 aromatic heterocycles. The molecule has 38 heavy (non-hydrogen) atoms. The Bertz CT molecular complexity index is 1650. The lowest BCUT2D eigenvalue weighted by molar-refractivity contribution is 0.452. The molecule has 3 aromatic carbocycles. The van der Waals surface area contributed by atoms with E-state index in [4.69, 9.17) is 9.47 Å². The van der Waals surface area contributed by atoms with Crippen LogP contribution in [0.15, 0.2) is 71.4 Å². The predicted molar refractivity (Wildman–Crippen MR) is 132 cm³/mol. The van der Waals surface area contributed by atoms with Gasteiger partial charge in [-0.1, -0.05) is 24.3 Å². The smallest absolute Gasteiger partial charge is 0.226 e. The molecule has 2 aliphatic heterocycles. The summed E-state index contributed by atoms with van der Waals surface area (Å²) in [4.78, 5) is 0. The number of rotatable bonds is 2. The maximum Gasteiger partial charge on any atom is 0.226 e. The van der Waals surface area contributed by atoms with Crippen LogP contribution in [0.25, 0.3) is 22.3 Å². The molecule has 0 fully saturated rings. The lowest BCUT2D eigenvalue weighted by atomic mass is 9.93. The largest absolute Gasteiger partial charge is 0.436 e. The number of nitrogens with zero attached hydrogens (tertiary/aromatic N) is 6. The summed E-state index contributed by atoms with van der Waals surface area (Å²) in [6.07, 6.45) is 0. The number of benzene rings is 3. The van der Waals surface area contributed by atoms with Crippen molar-refractivity contribution < 1.29 is 9.47 Å². The molecule has 5 rings (SSSR count). The number of hydrogen-bond acceptors (Lipinski definition) is 10. The first-order chi connectivity index (χ1) is 18.6. The number of fused-ring (bicyclic) bond motifs is 2. The lowest BCUT2D eigenvalue weighted by Gasteiger charge is -2.16. The van der Waals surface area contributed by atoms with Crippen LogP contribution in [0.2, 0.25) is 0 Å². The van der Waals surface area contributed by atoms with Gasteiger partial charge >= 0.3 is 0 Å². The van der Waals surface area contributed by atoms with E-state index in [-0.39, 0.29) is 34.4 Å². The zero-order valence-corrected chi connectivity index (χ0v) is 19.1. The minimum atomic E-state index is -0.288. The number of anilines is 2. The highest BCUT2D eigenvalue weighted by Gasteiger charge is 2.38. The van der Waals surface area contributed by atoms with Crippen LogP contribution in [0, 0.1) is 68.0 Å². The fraction of sp³-hybridized carbons (Fsp3) is 0. The maximum atomic E-state index is 9.45. The monoisotopic (exact) mass is 490 g/mol. The van der Waals surface area contributed by atoms with Crippen molar-refractivity contribution in [1.82, 2.24) is 0 Å². The van der Waals surface area contributed by atoms with Crippen molar-refractivity contribution in [3.05, 3.63) is 82.6 Å². The Morgan fingerprint density at radius 1 is 0.526 bits per heavy atom. The SMILES string of the molecule is N#CC(C#N)=C1Nc2c(c(-c3ccc(C#N)cc3)c3c(c2-c2ccc(C#N)cc2)OC(=C(C#N)C#N)N3)O1. The quantitative estimate of drug-likeness (QED) is 0.468. The van der Waals surface area contributed by atoms with E-state index in [2.05, 4.69) is 22.8 Å².